The minimum atomic E-state index is 0.255. The molecule has 0 saturated carbocycles. The largest absolute Gasteiger partial charge is 0.395 e. The van der Waals surface area contributed by atoms with Crippen LogP contribution in [0.4, 0.5) is 0 Å². The van der Waals surface area contributed by atoms with E-state index in [9.17, 15) is 5.11 Å². The highest BCUT2D eigenvalue weighted by atomic mass is 16.5. The van der Waals surface area contributed by atoms with Crippen LogP contribution in [0.5, 0.6) is 0 Å². The van der Waals surface area contributed by atoms with Crippen LogP contribution in [-0.2, 0) is 4.74 Å². The van der Waals surface area contributed by atoms with Gasteiger partial charge in [-0.2, -0.15) is 0 Å². The van der Waals surface area contributed by atoms with Gasteiger partial charge in [0.05, 0.1) is 6.61 Å². The van der Waals surface area contributed by atoms with Crippen molar-refractivity contribution in [1.82, 2.24) is 10.2 Å². The zero-order chi connectivity index (χ0) is 15.6. The zero-order valence-corrected chi connectivity index (χ0v) is 14.4. The molecule has 2 N–H and O–H groups in total. The summed E-state index contributed by atoms with van der Waals surface area (Å²) in [5.74, 6) is 0. The summed E-state index contributed by atoms with van der Waals surface area (Å²) in [4.78, 5) is 2.51. The van der Waals surface area contributed by atoms with Gasteiger partial charge in [-0.3, -0.25) is 4.90 Å². The zero-order valence-electron chi connectivity index (χ0n) is 14.4. The van der Waals surface area contributed by atoms with Crippen molar-refractivity contribution >= 4 is 0 Å². The molecule has 1 rings (SSSR count). The Hall–Kier alpha value is -0.160. The third-order valence-electron chi connectivity index (χ3n) is 4.86. The molecular weight excluding hydrogens is 264 g/mol. The van der Waals surface area contributed by atoms with Crippen LogP contribution < -0.4 is 5.32 Å². The van der Waals surface area contributed by atoms with Crippen LogP contribution in [0, 0.1) is 5.41 Å². The average molecular weight is 300 g/mol. The summed E-state index contributed by atoms with van der Waals surface area (Å²) in [6, 6.07) is 0.586. The lowest BCUT2D eigenvalue weighted by molar-refractivity contribution is -0.0155. The maximum atomic E-state index is 9.42. The quantitative estimate of drug-likeness (QED) is 0.575. The summed E-state index contributed by atoms with van der Waals surface area (Å²) < 4.78 is 5.59. The summed E-state index contributed by atoms with van der Waals surface area (Å²) in [5.41, 5.74) is 0.311. The van der Waals surface area contributed by atoms with Crippen molar-refractivity contribution in [3.05, 3.63) is 0 Å². The number of hydrogen-bond acceptors (Lipinski definition) is 4. The molecule has 4 nitrogen and oxygen atoms in total. The number of aliphatic hydroxyl groups is 1. The monoisotopic (exact) mass is 300 g/mol. The molecule has 0 unspecified atom stereocenters. The summed E-state index contributed by atoms with van der Waals surface area (Å²) >= 11 is 0. The molecule has 1 fully saturated rings. The molecule has 1 heterocycles. The van der Waals surface area contributed by atoms with Gasteiger partial charge in [-0.05, 0) is 44.1 Å². The first kappa shape index (κ1) is 18.9. The first-order valence-corrected chi connectivity index (χ1v) is 8.84. The van der Waals surface area contributed by atoms with Crippen molar-refractivity contribution in [2.24, 2.45) is 5.41 Å². The smallest absolute Gasteiger partial charge is 0.0558 e. The second-order valence-electron chi connectivity index (χ2n) is 6.45. The average Bonchev–Trinajstić information content (AvgIpc) is 2.50. The molecule has 126 valence electrons. The minimum Gasteiger partial charge on any atom is -0.395 e. The van der Waals surface area contributed by atoms with Gasteiger partial charge in [0.25, 0.3) is 0 Å². The maximum absolute atomic E-state index is 9.42. The maximum Gasteiger partial charge on any atom is 0.0558 e. The second kappa shape index (κ2) is 10.5. The van der Waals surface area contributed by atoms with E-state index in [2.05, 4.69) is 31.0 Å². The lowest BCUT2D eigenvalue weighted by Crippen LogP contribution is -2.50. The van der Waals surface area contributed by atoms with E-state index in [4.69, 9.17) is 4.74 Å². The highest BCUT2D eigenvalue weighted by Gasteiger charge is 2.35. The molecule has 1 saturated heterocycles. The van der Waals surface area contributed by atoms with E-state index in [1.54, 1.807) is 0 Å². The third-order valence-corrected chi connectivity index (χ3v) is 4.86. The van der Waals surface area contributed by atoms with Crippen molar-refractivity contribution in [2.45, 2.75) is 58.9 Å². The van der Waals surface area contributed by atoms with Gasteiger partial charge in [0.1, 0.15) is 0 Å². The Balaban J connectivity index is 2.70. The van der Waals surface area contributed by atoms with Gasteiger partial charge in [0.2, 0.25) is 0 Å². The van der Waals surface area contributed by atoms with Crippen LogP contribution in [0.2, 0.25) is 0 Å². The number of nitrogens with one attached hydrogen (secondary N) is 1. The predicted octanol–water partition coefficient (Wildman–Crippen LogP) is 2.27. The van der Waals surface area contributed by atoms with Gasteiger partial charge in [0, 0.05) is 38.9 Å². The van der Waals surface area contributed by atoms with Crippen LogP contribution in [0.3, 0.4) is 0 Å². The minimum absolute atomic E-state index is 0.255. The molecule has 1 aliphatic rings. The normalized spacial score (nSPS) is 18.6. The van der Waals surface area contributed by atoms with Gasteiger partial charge in [-0.15, -0.1) is 0 Å². The molecule has 4 heteroatoms. The number of nitrogens with zero attached hydrogens (tertiary/aromatic N) is 1. The Kier molecular flexibility index (Phi) is 9.49. The standard InChI is InChI=1S/C17H36N2O2/c1-4-9-18-14-17(7-12-21-13-8-17)15-19(10-11-20)16(5-2)6-3/h16,18,20H,4-15H2,1-3H3. The topological polar surface area (TPSA) is 44.7 Å². The van der Waals surface area contributed by atoms with E-state index in [-0.39, 0.29) is 6.61 Å². The molecular formula is C17H36N2O2. The highest BCUT2D eigenvalue weighted by molar-refractivity contribution is 4.88. The third kappa shape index (κ3) is 6.23. The van der Waals surface area contributed by atoms with E-state index in [1.807, 2.05) is 0 Å². The molecule has 0 aromatic heterocycles. The van der Waals surface area contributed by atoms with Gasteiger partial charge in [-0.25, -0.2) is 0 Å². The lowest BCUT2D eigenvalue weighted by Gasteiger charge is -2.43. The molecule has 0 radical (unpaired) electrons. The van der Waals surface area contributed by atoms with Crippen molar-refractivity contribution in [3.63, 3.8) is 0 Å². The number of ether oxygens (including phenoxy) is 1. The van der Waals surface area contributed by atoms with Crippen molar-refractivity contribution in [3.8, 4) is 0 Å². The van der Waals surface area contributed by atoms with Gasteiger partial charge < -0.3 is 15.2 Å². The lowest BCUT2D eigenvalue weighted by atomic mass is 9.79. The molecule has 21 heavy (non-hydrogen) atoms. The molecule has 0 aliphatic carbocycles. The first-order chi connectivity index (χ1) is 10.2. The van der Waals surface area contributed by atoms with Gasteiger partial charge in [0.15, 0.2) is 0 Å². The fraction of sp³-hybridized carbons (Fsp3) is 1.00. The van der Waals surface area contributed by atoms with E-state index in [1.165, 1.54) is 6.42 Å². The molecule has 0 amide bonds. The van der Waals surface area contributed by atoms with Gasteiger partial charge in [-0.1, -0.05) is 20.8 Å². The summed E-state index contributed by atoms with van der Waals surface area (Å²) in [7, 11) is 0. The van der Waals surface area contributed by atoms with E-state index in [0.29, 0.717) is 11.5 Å². The van der Waals surface area contributed by atoms with Crippen molar-refractivity contribution in [2.75, 3.05) is 46.0 Å². The SMILES string of the molecule is CCCNCC1(CN(CCO)C(CC)CC)CCOCC1. The molecule has 1 aliphatic heterocycles. The Bertz CT molecular complexity index is 251. The number of aliphatic hydroxyl groups excluding tert-OH is 1. The molecule has 0 aromatic carbocycles. The molecule has 0 atom stereocenters. The Morgan fingerprint density at radius 3 is 2.38 bits per heavy atom. The van der Waals surface area contributed by atoms with E-state index < -0.39 is 0 Å². The Morgan fingerprint density at radius 2 is 1.86 bits per heavy atom. The summed E-state index contributed by atoms with van der Waals surface area (Å²) in [6.07, 6.45) is 5.76. The Labute approximate surface area is 131 Å². The van der Waals surface area contributed by atoms with E-state index >= 15 is 0 Å². The first-order valence-electron chi connectivity index (χ1n) is 8.84. The fourth-order valence-corrected chi connectivity index (χ4v) is 3.48. The van der Waals surface area contributed by atoms with Crippen LogP contribution in [-0.4, -0.2) is 62.0 Å². The van der Waals surface area contributed by atoms with Crippen LogP contribution in [0.1, 0.15) is 52.9 Å². The number of hydrogen-bond donors (Lipinski definition) is 2. The predicted molar refractivity (Wildman–Crippen MR) is 88.7 cm³/mol. The molecule has 0 spiro atoms. The van der Waals surface area contributed by atoms with Gasteiger partial charge >= 0.3 is 0 Å². The Morgan fingerprint density at radius 1 is 1.19 bits per heavy atom. The van der Waals surface area contributed by atoms with E-state index in [0.717, 1.165) is 65.1 Å². The summed E-state index contributed by atoms with van der Waals surface area (Å²) in [5, 5.41) is 13.0. The molecule has 0 aromatic rings. The molecule has 0 bridgehead atoms. The second-order valence-corrected chi connectivity index (χ2v) is 6.45. The van der Waals surface area contributed by atoms with Crippen LogP contribution in [0.25, 0.3) is 0 Å². The number of rotatable bonds is 11. The summed E-state index contributed by atoms with van der Waals surface area (Å²) in [6.45, 7) is 12.8. The van der Waals surface area contributed by atoms with Crippen LogP contribution >= 0.6 is 0 Å². The fourth-order valence-electron chi connectivity index (χ4n) is 3.48. The van der Waals surface area contributed by atoms with Crippen molar-refractivity contribution < 1.29 is 9.84 Å². The van der Waals surface area contributed by atoms with Crippen molar-refractivity contribution in [1.29, 1.82) is 0 Å². The highest BCUT2D eigenvalue weighted by Crippen LogP contribution is 2.32. The van der Waals surface area contributed by atoms with Crippen LogP contribution in [0.15, 0.2) is 0 Å².